The third-order valence-electron chi connectivity index (χ3n) is 5.06. The number of carbonyl (C=O) groups is 4. The van der Waals surface area contributed by atoms with Crippen LogP contribution in [0.4, 0.5) is 0 Å². The Kier molecular flexibility index (Phi) is 4.81. The summed E-state index contributed by atoms with van der Waals surface area (Å²) in [5.41, 5.74) is 0. The van der Waals surface area contributed by atoms with Gasteiger partial charge in [0.1, 0.15) is 6.04 Å². The van der Waals surface area contributed by atoms with E-state index in [4.69, 9.17) is 9.47 Å². The van der Waals surface area contributed by atoms with Crippen molar-refractivity contribution < 1.29 is 28.7 Å². The molecule has 4 fully saturated rings. The van der Waals surface area contributed by atoms with Gasteiger partial charge in [0.25, 0.3) is 6.29 Å². The molecule has 0 aromatic heterocycles. The number of rotatable bonds is 5. The van der Waals surface area contributed by atoms with Gasteiger partial charge in [-0.25, -0.2) is 0 Å². The van der Waals surface area contributed by atoms with E-state index in [1.54, 1.807) is 28.4 Å². The van der Waals surface area contributed by atoms with Crippen molar-refractivity contribution in [2.75, 3.05) is 12.3 Å². The van der Waals surface area contributed by atoms with E-state index in [0.29, 0.717) is 25.1 Å². The lowest BCUT2D eigenvalue weighted by atomic mass is 10.1. The van der Waals surface area contributed by atoms with Crippen molar-refractivity contribution in [1.29, 1.82) is 0 Å². The Hall–Kier alpha value is -1.42. The van der Waals surface area contributed by atoms with Gasteiger partial charge in [0.15, 0.2) is 0 Å². The molecule has 3 unspecified atom stereocenters. The monoisotopic (exact) mass is 400 g/mol. The Morgan fingerprint density at radius 1 is 1.19 bits per heavy atom. The largest absolute Gasteiger partial charge is 0.423 e. The summed E-state index contributed by atoms with van der Waals surface area (Å²) in [6.07, 6.45) is 0.906. The van der Waals surface area contributed by atoms with E-state index < -0.39 is 24.3 Å². The predicted molar refractivity (Wildman–Crippen MR) is 93.9 cm³/mol. The van der Waals surface area contributed by atoms with Crippen LogP contribution in [0.1, 0.15) is 32.6 Å². The quantitative estimate of drug-likeness (QED) is 0.375. The standard InChI is InChI=1S/C16H20N2O6S2/c1-8(19)23-16(10-7-25-14-6-12(21)18(10)14)24-15(22)4-9-2-3-17-11(20)5-13(17)26-9/h9-10,13-14,16H,2-7H2,1H3/t9?,10?,13-,14-,16?/m0/s1. The number of carbonyl (C=O) groups excluding carboxylic acids is 4. The van der Waals surface area contributed by atoms with Crippen molar-refractivity contribution in [3.63, 3.8) is 0 Å². The zero-order valence-corrected chi connectivity index (χ0v) is 15.9. The molecule has 5 atom stereocenters. The molecular formula is C16H20N2O6S2. The molecule has 26 heavy (non-hydrogen) atoms. The summed E-state index contributed by atoms with van der Waals surface area (Å²) in [5, 5.41) is 0.357. The van der Waals surface area contributed by atoms with Crippen LogP contribution in [0.5, 0.6) is 0 Å². The zero-order valence-electron chi connectivity index (χ0n) is 14.3. The van der Waals surface area contributed by atoms with Crippen LogP contribution < -0.4 is 0 Å². The van der Waals surface area contributed by atoms with Crippen molar-refractivity contribution >= 4 is 47.3 Å². The van der Waals surface area contributed by atoms with Gasteiger partial charge in [-0.15, -0.1) is 23.5 Å². The number of ether oxygens (including phenoxy) is 2. The fourth-order valence-corrected chi connectivity index (χ4v) is 6.64. The molecule has 8 nitrogen and oxygen atoms in total. The number of esters is 2. The average molecular weight is 400 g/mol. The Morgan fingerprint density at radius 2 is 1.96 bits per heavy atom. The van der Waals surface area contributed by atoms with Crippen molar-refractivity contribution in [2.24, 2.45) is 0 Å². The van der Waals surface area contributed by atoms with E-state index in [1.165, 1.54) is 6.92 Å². The molecular weight excluding hydrogens is 380 g/mol. The highest BCUT2D eigenvalue weighted by atomic mass is 32.2. The molecule has 10 heteroatoms. The third kappa shape index (κ3) is 3.28. The molecule has 4 rings (SSSR count). The van der Waals surface area contributed by atoms with E-state index in [9.17, 15) is 19.2 Å². The fraction of sp³-hybridized carbons (Fsp3) is 0.750. The molecule has 0 radical (unpaired) electrons. The lowest BCUT2D eigenvalue weighted by Crippen LogP contribution is -2.57. The average Bonchev–Trinajstić information content (AvgIpc) is 2.89. The Balaban J connectivity index is 1.33. The van der Waals surface area contributed by atoms with Crippen LogP contribution in [-0.2, 0) is 28.7 Å². The van der Waals surface area contributed by atoms with Gasteiger partial charge in [-0.2, -0.15) is 0 Å². The number of hydrogen-bond acceptors (Lipinski definition) is 8. The maximum Gasteiger partial charge on any atom is 0.310 e. The van der Waals surface area contributed by atoms with Gasteiger partial charge in [0.05, 0.1) is 30.0 Å². The molecule has 4 saturated heterocycles. The summed E-state index contributed by atoms with van der Waals surface area (Å²) in [5.74, 6) is -0.227. The second-order valence-corrected chi connectivity index (χ2v) is 9.52. The highest BCUT2D eigenvalue weighted by Crippen LogP contribution is 2.42. The zero-order chi connectivity index (χ0) is 18.4. The van der Waals surface area contributed by atoms with Gasteiger partial charge in [-0.3, -0.25) is 19.2 Å². The summed E-state index contributed by atoms with van der Waals surface area (Å²) in [6.45, 7) is 1.93. The lowest BCUT2D eigenvalue weighted by molar-refractivity contribution is -0.201. The van der Waals surface area contributed by atoms with Crippen LogP contribution in [0.2, 0.25) is 0 Å². The van der Waals surface area contributed by atoms with Gasteiger partial charge >= 0.3 is 11.9 Å². The van der Waals surface area contributed by atoms with Gasteiger partial charge in [0.2, 0.25) is 11.8 Å². The normalized spacial score (nSPS) is 33.6. The van der Waals surface area contributed by atoms with Crippen molar-refractivity contribution in [3.05, 3.63) is 0 Å². The van der Waals surface area contributed by atoms with Crippen LogP contribution in [0.25, 0.3) is 0 Å². The summed E-state index contributed by atoms with van der Waals surface area (Å²) in [7, 11) is 0. The maximum atomic E-state index is 12.4. The summed E-state index contributed by atoms with van der Waals surface area (Å²) in [4.78, 5) is 50.5. The highest BCUT2D eigenvalue weighted by molar-refractivity contribution is 8.00. The van der Waals surface area contributed by atoms with E-state index in [1.807, 2.05) is 4.90 Å². The number of hydrogen-bond donors (Lipinski definition) is 0. The minimum atomic E-state index is -1.06. The first-order valence-corrected chi connectivity index (χ1v) is 10.7. The van der Waals surface area contributed by atoms with E-state index in [-0.39, 0.29) is 34.2 Å². The Bertz CT molecular complexity index is 659. The molecule has 0 aromatic rings. The number of thioether (sulfide) groups is 2. The summed E-state index contributed by atoms with van der Waals surface area (Å²) < 4.78 is 10.7. The lowest BCUT2D eigenvalue weighted by Gasteiger charge is -2.45. The van der Waals surface area contributed by atoms with E-state index in [0.717, 1.165) is 6.42 Å². The minimum absolute atomic E-state index is 0.00391. The SMILES string of the molecule is CC(=O)OC(OC(=O)CC1CCN2C(=O)C[C@@H]2S1)C1CS[C@H]2CC(=O)N12. The van der Waals surface area contributed by atoms with Gasteiger partial charge in [-0.05, 0) is 6.42 Å². The highest BCUT2D eigenvalue weighted by Gasteiger charge is 2.51. The van der Waals surface area contributed by atoms with Crippen LogP contribution in [0.3, 0.4) is 0 Å². The van der Waals surface area contributed by atoms with Crippen molar-refractivity contribution in [3.8, 4) is 0 Å². The molecule has 0 aromatic carbocycles. The Labute approximate surface area is 159 Å². The molecule has 0 N–H and O–H groups in total. The Morgan fingerprint density at radius 3 is 2.62 bits per heavy atom. The molecule has 0 saturated carbocycles. The molecule has 142 valence electrons. The number of nitrogens with zero attached hydrogens (tertiary/aromatic N) is 2. The van der Waals surface area contributed by atoms with Crippen molar-refractivity contribution in [2.45, 2.75) is 60.9 Å². The van der Waals surface area contributed by atoms with Crippen molar-refractivity contribution in [1.82, 2.24) is 9.80 Å². The van der Waals surface area contributed by atoms with Crippen LogP contribution >= 0.6 is 23.5 Å². The predicted octanol–water partition coefficient (Wildman–Crippen LogP) is 0.547. The first kappa shape index (κ1) is 18.0. The molecule has 0 bridgehead atoms. The van der Waals surface area contributed by atoms with E-state index in [2.05, 4.69) is 0 Å². The summed E-state index contributed by atoms with van der Waals surface area (Å²) in [6, 6.07) is -0.419. The van der Waals surface area contributed by atoms with Crippen LogP contribution in [-0.4, -0.2) is 74.2 Å². The smallest absolute Gasteiger partial charge is 0.310 e. The molecule has 4 heterocycles. The summed E-state index contributed by atoms with van der Waals surface area (Å²) >= 11 is 3.24. The molecule has 4 aliphatic rings. The number of β-lactam (4-membered cyclic amide) rings is 2. The van der Waals surface area contributed by atoms with Gasteiger partial charge in [0, 0.05) is 24.5 Å². The second kappa shape index (κ2) is 6.95. The van der Waals surface area contributed by atoms with Gasteiger partial charge in [-0.1, -0.05) is 0 Å². The molecule has 2 amide bonds. The van der Waals surface area contributed by atoms with Crippen LogP contribution in [0.15, 0.2) is 0 Å². The first-order valence-electron chi connectivity index (χ1n) is 8.67. The fourth-order valence-electron chi connectivity index (χ4n) is 3.69. The second-order valence-electron chi connectivity index (χ2n) is 6.82. The molecule has 0 spiro atoms. The number of amides is 2. The first-order chi connectivity index (χ1) is 12.4. The maximum absolute atomic E-state index is 12.4. The van der Waals surface area contributed by atoms with E-state index >= 15 is 0 Å². The molecule has 0 aliphatic carbocycles. The minimum Gasteiger partial charge on any atom is -0.423 e. The van der Waals surface area contributed by atoms with Gasteiger partial charge < -0.3 is 19.3 Å². The molecule has 4 aliphatic heterocycles. The number of fused-ring (bicyclic) bond motifs is 2. The third-order valence-corrected chi connectivity index (χ3v) is 7.90. The van der Waals surface area contributed by atoms with Crippen LogP contribution in [0, 0.1) is 0 Å². The topological polar surface area (TPSA) is 93.2 Å².